The van der Waals surface area contributed by atoms with Crippen molar-refractivity contribution in [2.24, 2.45) is 0 Å². The van der Waals surface area contributed by atoms with Crippen molar-refractivity contribution in [3.05, 3.63) is 30.0 Å². The van der Waals surface area contributed by atoms with Gasteiger partial charge in [0.05, 0.1) is 17.4 Å². The van der Waals surface area contributed by atoms with Gasteiger partial charge < -0.3 is 4.98 Å². The lowest BCUT2D eigenvalue weighted by molar-refractivity contribution is 1.22. The van der Waals surface area contributed by atoms with E-state index in [1.54, 1.807) is 23.9 Å². The van der Waals surface area contributed by atoms with Crippen LogP contribution in [0.4, 0.5) is 0 Å². The zero-order valence-corrected chi connectivity index (χ0v) is 7.95. The van der Waals surface area contributed by atoms with Crippen LogP contribution in [-0.4, -0.2) is 19.9 Å². The van der Waals surface area contributed by atoms with Gasteiger partial charge in [-0.25, -0.2) is 15.0 Å². The Morgan fingerprint density at radius 2 is 2.29 bits per heavy atom. The molecule has 0 radical (unpaired) electrons. The van der Waals surface area contributed by atoms with E-state index in [0.717, 1.165) is 16.2 Å². The third-order valence-corrected chi connectivity index (χ3v) is 2.78. The van der Waals surface area contributed by atoms with Gasteiger partial charge in [0.25, 0.3) is 0 Å². The fraction of sp³-hybridized carbons (Fsp3) is 0. The average Bonchev–Trinajstić information content (AvgIpc) is 2.88. The topological polar surface area (TPSA) is 54.5 Å². The lowest BCUT2D eigenvalue weighted by Crippen LogP contribution is -1.86. The molecule has 68 valence electrons. The van der Waals surface area contributed by atoms with E-state index in [2.05, 4.69) is 19.9 Å². The van der Waals surface area contributed by atoms with Crippen LogP contribution in [0.3, 0.4) is 0 Å². The van der Waals surface area contributed by atoms with E-state index < -0.39 is 0 Å². The Hall–Kier alpha value is -1.75. The highest BCUT2D eigenvalue weighted by Crippen LogP contribution is 2.21. The molecule has 0 saturated heterocycles. The van der Waals surface area contributed by atoms with Gasteiger partial charge in [-0.15, -0.1) is 11.3 Å². The molecule has 0 aromatic carbocycles. The van der Waals surface area contributed by atoms with Gasteiger partial charge in [0.1, 0.15) is 5.52 Å². The van der Waals surface area contributed by atoms with Crippen LogP contribution < -0.4 is 0 Å². The molecule has 14 heavy (non-hydrogen) atoms. The molecular formula is C9H6N4S. The van der Waals surface area contributed by atoms with Crippen molar-refractivity contribution in [2.75, 3.05) is 0 Å². The van der Waals surface area contributed by atoms with E-state index in [9.17, 15) is 0 Å². The molecule has 0 bridgehead atoms. The maximum Gasteiger partial charge on any atom is 0.181 e. The maximum absolute atomic E-state index is 4.33. The predicted octanol–water partition coefficient (Wildman–Crippen LogP) is 2.08. The molecule has 0 atom stereocenters. The molecular weight excluding hydrogens is 196 g/mol. The molecule has 0 aliphatic heterocycles. The van der Waals surface area contributed by atoms with Crippen LogP contribution in [-0.2, 0) is 0 Å². The number of hydrogen-bond acceptors (Lipinski definition) is 4. The Bertz CT molecular complexity index is 555. The van der Waals surface area contributed by atoms with Gasteiger partial charge in [-0.2, -0.15) is 0 Å². The fourth-order valence-electron chi connectivity index (χ4n) is 1.26. The van der Waals surface area contributed by atoms with Crippen molar-refractivity contribution >= 4 is 22.5 Å². The Morgan fingerprint density at radius 1 is 1.29 bits per heavy atom. The summed E-state index contributed by atoms with van der Waals surface area (Å²) in [5, 5.41) is 2.01. The summed E-state index contributed by atoms with van der Waals surface area (Å²) in [6, 6.07) is 3.98. The van der Waals surface area contributed by atoms with Gasteiger partial charge in [-0.3, -0.25) is 0 Å². The van der Waals surface area contributed by atoms with Crippen LogP contribution in [0.2, 0.25) is 0 Å². The highest BCUT2D eigenvalue weighted by atomic mass is 32.1. The Kier molecular flexibility index (Phi) is 1.57. The van der Waals surface area contributed by atoms with E-state index in [4.69, 9.17) is 0 Å². The minimum atomic E-state index is 0.711. The average molecular weight is 202 g/mol. The second kappa shape index (κ2) is 2.88. The second-order valence-corrected chi connectivity index (χ2v) is 3.76. The Labute approximate surface area is 83.7 Å². The van der Waals surface area contributed by atoms with E-state index in [1.807, 2.05) is 17.5 Å². The van der Waals surface area contributed by atoms with Gasteiger partial charge in [0, 0.05) is 0 Å². The van der Waals surface area contributed by atoms with Gasteiger partial charge in [0.15, 0.2) is 11.5 Å². The first kappa shape index (κ1) is 7.64. The van der Waals surface area contributed by atoms with E-state index in [1.165, 1.54) is 0 Å². The normalized spacial score (nSPS) is 10.9. The minimum absolute atomic E-state index is 0.711. The van der Waals surface area contributed by atoms with Crippen molar-refractivity contribution in [1.29, 1.82) is 0 Å². The molecule has 3 heterocycles. The summed E-state index contributed by atoms with van der Waals surface area (Å²) in [5.74, 6) is 0.736. The monoisotopic (exact) mass is 202 g/mol. The molecule has 3 aromatic heterocycles. The standard InChI is InChI=1S/C9H6N4S/c1-2-7(14-3-1)9-10-4-6-8(13-9)12-5-11-6/h1-5H,(H,10,11,12,13). The summed E-state index contributed by atoms with van der Waals surface area (Å²) in [6.45, 7) is 0. The first-order valence-electron chi connectivity index (χ1n) is 4.13. The molecule has 0 spiro atoms. The highest BCUT2D eigenvalue weighted by molar-refractivity contribution is 7.13. The van der Waals surface area contributed by atoms with Gasteiger partial charge in [-0.1, -0.05) is 6.07 Å². The van der Waals surface area contributed by atoms with Gasteiger partial charge in [-0.05, 0) is 11.4 Å². The number of fused-ring (bicyclic) bond motifs is 1. The number of nitrogens with one attached hydrogen (secondary N) is 1. The second-order valence-electron chi connectivity index (χ2n) is 2.81. The number of nitrogens with zero attached hydrogens (tertiary/aromatic N) is 3. The number of hydrogen-bond donors (Lipinski definition) is 1. The molecule has 3 rings (SSSR count). The molecule has 0 fully saturated rings. The lowest BCUT2D eigenvalue weighted by atomic mass is 10.4. The number of thiophene rings is 1. The van der Waals surface area contributed by atoms with Crippen LogP contribution in [0, 0.1) is 0 Å². The molecule has 4 nitrogen and oxygen atoms in total. The van der Waals surface area contributed by atoms with Gasteiger partial charge >= 0.3 is 0 Å². The molecule has 0 unspecified atom stereocenters. The number of imidazole rings is 1. The van der Waals surface area contributed by atoms with Crippen molar-refractivity contribution < 1.29 is 0 Å². The minimum Gasteiger partial charge on any atom is -0.342 e. The Balaban J connectivity index is 2.23. The van der Waals surface area contributed by atoms with Gasteiger partial charge in [0.2, 0.25) is 0 Å². The van der Waals surface area contributed by atoms with Crippen molar-refractivity contribution in [1.82, 2.24) is 19.9 Å². The lowest BCUT2D eigenvalue weighted by Gasteiger charge is -1.93. The van der Waals surface area contributed by atoms with Crippen molar-refractivity contribution in [2.45, 2.75) is 0 Å². The summed E-state index contributed by atoms with van der Waals surface area (Å²) < 4.78 is 0. The quantitative estimate of drug-likeness (QED) is 0.657. The molecule has 0 amide bonds. The zero-order valence-electron chi connectivity index (χ0n) is 7.14. The summed E-state index contributed by atoms with van der Waals surface area (Å²) in [5.41, 5.74) is 1.58. The highest BCUT2D eigenvalue weighted by Gasteiger charge is 2.04. The van der Waals surface area contributed by atoms with Crippen LogP contribution in [0.5, 0.6) is 0 Å². The summed E-state index contributed by atoms with van der Waals surface area (Å²) in [7, 11) is 0. The van der Waals surface area contributed by atoms with Crippen molar-refractivity contribution in [3.8, 4) is 10.7 Å². The van der Waals surface area contributed by atoms with E-state index in [-0.39, 0.29) is 0 Å². The van der Waals surface area contributed by atoms with Crippen LogP contribution in [0.1, 0.15) is 0 Å². The third-order valence-electron chi connectivity index (χ3n) is 1.92. The number of aromatic nitrogens is 4. The zero-order chi connectivity index (χ0) is 9.38. The number of rotatable bonds is 1. The molecule has 0 aliphatic rings. The largest absolute Gasteiger partial charge is 0.342 e. The summed E-state index contributed by atoms with van der Waals surface area (Å²) in [6.07, 6.45) is 3.38. The summed E-state index contributed by atoms with van der Waals surface area (Å²) >= 11 is 1.62. The SMILES string of the molecule is c1csc(-c2ncc3[nH]cnc3n2)c1. The smallest absolute Gasteiger partial charge is 0.181 e. The first-order chi connectivity index (χ1) is 6.93. The first-order valence-corrected chi connectivity index (χ1v) is 5.01. The number of aromatic amines is 1. The predicted molar refractivity (Wildman–Crippen MR) is 55.0 cm³/mol. The Morgan fingerprint density at radius 3 is 3.14 bits per heavy atom. The number of H-pyrrole nitrogens is 1. The maximum atomic E-state index is 4.33. The third kappa shape index (κ3) is 1.10. The van der Waals surface area contributed by atoms with E-state index >= 15 is 0 Å². The molecule has 1 N–H and O–H groups in total. The summed E-state index contributed by atoms with van der Waals surface area (Å²) in [4.78, 5) is 16.7. The van der Waals surface area contributed by atoms with Crippen LogP contribution in [0.15, 0.2) is 30.0 Å². The van der Waals surface area contributed by atoms with E-state index in [0.29, 0.717) is 5.65 Å². The van der Waals surface area contributed by atoms with Crippen LogP contribution >= 0.6 is 11.3 Å². The van der Waals surface area contributed by atoms with Crippen molar-refractivity contribution in [3.63, 3.8) is 0 Å². The molecule has 3 aromatic rings. The molecule has 5 heteroatoms. The molecule has 0 saturated carbocycles. The van der Waals surface area contributed by atoms with Crippen LogP contribution in [0.25, 0.3) is 21.9 Å². The fourth-order valence-corrected chi connectivity index (χ4v) is 1.93. The molecule has 0 aliphatic carbocycles.